The Hall–Kier alpha value is -2.38. The van der Waals surface area contributed by atoms with Gasteiger partial charge in [-0.3, -0.25) is 14.5 Å². The standard InChI is InChI=1S/C21H23BrN2O4/c1-23(11-10-14-4-9-18(27-2)19(12-14)28-3)17-13-20(25)24(21(17)26)16-7-5-15(22)6-8-16/h4-9,12,17H,10-11,13H2,1-3H3/t17-/m0/s1. The number of nitrogens with zero attached hydrogens (tertiary/aromatic N) is 2. The molecule has 2 aromatic carbocycles. The van der Waals surface area contributed by atoms with Crippen LogP contribution in [0.2, 0.25) is 0 Å². The molecule has 0 radical (unpaired) electrons. The lowest BCUT2D eigenvalue weighted by atomic mass is 10.1. The first-order valence-electron chi connectivity index (χ1n) is 8.98. The number of imide groups is 1. The van der Waals surface area contributed by atoms with Crippen LogP contribution in [0.15, 0.2) is 46.9 Å². The van der Waals surface area contributed by atoms with Crippen molar-refractivity contribution in [2.75, 3.05) is 32.7 Å². The van der Waals surface area contributed by atoms with Crippen LogP contribution in [0.5, 0.6) is 11.5 Å². The van der Waals surface area contributed by atoms with Crippen LogP contribution < -0.4 is 14.4 Å². The minimum atomic E-state index is -0.448. The molecule has 2 aromatic rings. The number of carbonyl (C=O) groups is 2. The molecular formula is C21H23BrN2O4. The summed E-state index contributed by atoms with van der Waals surface area (Å²) in [4.78, 5) is 28.5. The maximum Gasteiger partial charge on any atom is 0.251 e. The van der Waals surface area contributed by atoms with Gasteiger partial charge in [-0.25, -0.2) is 4.90 Å². The quantitative estimate of drug-likeness (QED) is 0.610. The van der Waals surface area contributed by atoms with E-state index in [1.165, 1.54) is 4.90 Å². The Kier molecular flexibility index (Phi) is 6.36. The van der Waals surface area contributed by atoms with Gasteiger partial charge in [0, 0.05) is 11.0 Å². The topological polar surface area (TPSA) is 59.1 Å². The lowest BCUT2D eigenvalue weighted by Gasteiger charge is -2.23. The maximum atomic E-state index is 12.9. The Morgan fingerprint density at radius 1 is 1.07 bits per heavy atom. The fourth-order valence-electron chi connectivity index (χ4n) is 3.32. The van der Waals surface area contributed by atoms with Crippen LogP contribution in [0.4, 0.5) is 5.69 Å². The highest BCUT2D eigenvalue weighted by atomic mass is 79.9. The van der Waals surface area contributed by atoms with Gasteiger partial charge in [0.05, 0.1) is 32.4 Å². The van der Waals surface area contributed by atoms with Crippen LogP contribution >= 0.6 is 15.9 Å². The van der Waals surface area contributed by atoms with Crippen molar-refractivity contribution < 1.29 is 19.1 Å². The van der Waals surface area contributed by atoms with Crippen LogP contribution in [0.1, 0.15) is 12.0 Å². The van der Waals surface area contributed by atoms with Crippen LogP contribution in [0.3, 0.4) is 0 Å². The van der Waals surface area contributed by atoms with Gasteiger partial charge in [0.15, 0.2) is 11.5 Å². The van der Waals surface area contributed by atoms with Crippen LogP contribution in [-0.2, 0) is 16.0 Å². The van der Waals surface area contributed by atoms with Gasteiger partial charge in [-0.1, -0.05) is 22.0 Å². The molecule has 0 bridgehead atoms. The lowest BCUT2D eigenvalue weighted by molar-refractivity contribution is -0.122. The summed E-state index contributed by atoms with van der Waals surface area (Å²) < 4.78 is 11.5. The number of anilines is 1. The third-order valence-electron chi connectivity index (χ3n) is 4.94. The molecule has 0 saturated carbocycles. The van der Waals surface area contributed by atoms with E-state index < -0.39 is 6.04 Å². The fourth-order valence-corrected chi connectivity index (χ4v) is 3.58. The zero-order valence-electron chi connectivity index (χ0n) is 16.1. The second kappa shape index (κ2) is 8.75. The molecule has 0 aromatic heterocycles. The van der Waals surface area contributed by atoms with E-state index in [4.69, 9.17) is 9.47 Å². The van der Waals surface area contributed by atoms with Crippen molar-refractivity contribution in [2.45, 2.75) is 18.9 Å². The van der Waals surface area contributed by atoms with Crippen LogP contribution in [-0.4, -0.2) is 50.6 Å². The molecule has 0 unspecified atom stereocenters. The predicted molar refractivity (Wildman–Crippen MR) is 111 cm³/mol. The fraction of sp³-hybridized carbons (Fsp3) is 0.333. The van der Waals surface area contributed by atoms with E-state index in [2.05, 4.69) is 15.9 Å². The second-order valence-electron chi connectivity index (χ2n) is 6.68. The van der Waals surface area contributed by atoms with Crippen molar-refractivity contribution in [1.29, 1.82) is 0 Å². The number of benzene rings is 2. The molecule has 0 aliphatic carbocycles. The first kappa shape index (κ1) is 20.4. The largest absolute Gasteiger partial charge is 0.493 e. The van der Waals surface area contributed by atoms with E-state index in [9.17, 15) is 9.59 Å². The van der Waals surface area contributed by atoms with Crippen molar-refractivity contribution in [3.63, 3.8) is 0 Å². The summed E-state index contributed by atoms with van der Waals surface area (Å²) in [6.45, 7) is 0.646. The molecule has 28 heavy (non-hydrogen) atoms. The Bertz CT molecular complexity index is 869. The minimum Gasteiger partial charge on any atom is -0.493 e. The van der Waals surface area contributed by atoms with Gasteiger partial charge in [0.25, 0.3) is 5.91 Å². The average Bonchev–Trinajstić information content (AvgIpc) is 3.00. The first-order valence-corrected chi connectivity index (χ1v) is 9.77. The molecule has 1 saturated heterocycles. The molecule has 0 spiro atoms. The van der Waals surface area contributed by atoms with Gasteiger partial charge >= 0.3 is 0 Å². The number of methoxy groups -OCH3 is 2. The van der Waals surface area contributed by atoms with Gasteiger partial charge in [-0.2, -0.15) is 0 Å². The van der Waals surface area contributed by atoms with Crippen molar-refractivity contribution in [3.8, 4) is 11.5 Å². The Morgan fingerprint density at radius 3 is 2.39 bits per heavy atom. The Labute approximate surface area is 173 Å². The summed E-state index contributed by atoms with van der Waals surface area (Å²) in [6, 6.07) is 12.5. The van der Waals surface area contributed by atoms with E-state index in [0.717, 1.165) is 16.5 Å². The molecule has 1 fully saturated rings. The summed E-state index contributed by atoms with van der Waals surface area (Å²) >= 11 is 3.37. The number of halogens is 1. The number of ether oxygens (including phenoxy) is 2. The summed E-state index contributed by atoms with van der Waals surface area (Å²) in [6.07, 6.45) is 0.921. The smallest absolute Gasteiger partial charge is 0.251 e. The van der Waals surface area contributed by atoms with Gasteiger partial charge in [0.2, 0.25) is 5.91 Å². The Morgan fingerprint density at radius 2 is 1.75 bits per heavy atom. The lowest BCUT2D eigenvalue weighted by Crippen LogP contribution is -2.40. The number of likely N-dealkylation sites (N-methyl/N-ethyl adjacent to an activating group) is 1. The number of hydrogen-bond acceptors (Lipinski definition) is 5. The van der Waals surface area contributed by atoms with E-state index in [-0.39, 0.29) is 18.2 Å². The third kappa shape index (κ3) is 4.20. The zero-order chi connectivity index (χ0) is 20.3. The Balaban J connectivity index is 1.66. The van der Waals surface area contributed by atoms with Gasteiger partial charge in [-0.15, -0.1) is 0 Å². The summed E-state index contributed by atoms with van der Waals surface area (Å²) in [7, 11) is 5.08. The monoisotopic (exact) mass is 446 g/mol. The van der Waals surface area contributed by atoms with Gasteiger partial charge in [0.1, 0.15) is 0 Å². The number of rotatable bonds is 7. The molecule has 1 aliphatic rings. The molecule has 0 N–H and O–H groups in total. The SMILES string of the molecule is COc1ccc(CCN(C)[C@H]2CC(=O)N(c3ccc(Br)cc3)C2=O)cc1OC. The van der Waals surface area contributed by atoms with E-state index >= 15 is 0 Å². The van der Waals surface area contributed by atoms with Crippen molar-refractivity contribution in [3.05, 3.63) is 52.5 Å². The molecule has 148 valence electrons. The highest BCUT2D eigenvalue weighted by Crippen LogP contribution is 2.29. The number of amides is 2. The number of carbonyl (C=O) groups excluding carboxylic acids is 2. The van der Waals surface area contributed by atoms with Crippen LogP contribution in [0, 0.1) is 0 Å². The molecule has 1 atom stereocenters. The predicted octanol–water partition coefficient (Wildman–Crippen LogP) is 3.27. The minimum absolute atomic E-state index is 0.171. The van der Waals surface area contributed by atoms with E-state index in [0.29, 0.717) is 23.7 Å². The zero-order valence-corrected chi connectivity index (χ0v) is 17.7. The second-order valence-corrected chi connectivity index (χ2v) is 7.60. The molecule has 7 heteroatoms. The summed E-state index contributed by atoms with van der Waals surface area (Å²) in [5.41, 5.74) is 1.68. The van der Waals surface area contributed by atoms with Gasteiger partial charge in [-0.05, 0) is 55.4 Å². The third-order valence-corrected chi connectivity index (χ3v) is 5.47. The molecule has 6 nitrogen and oxygen atoms in total. The summed E-state index contributed by atoms with van der Waals surface area (Å²) in [5, 5.41) is 0. The van der Waals surface area contributed by atoms with E-state index in [1.807, 2.05) is 42.3 Å². The molecular weight excluding hydrogens is 424 g/mol. The number of hydrogen-bond donors (Lipinski definition) is 0. The van der Waals surface area contributed by atoms with Crippen molar-refractivity contribution >= 4 is 33.4 Å². The molecule has 3 rings (SSSR count). The molecule has 2 amide bonds. The first-order chi connectivity index (χ1) is 13.4. The van der Waals surface area contributed by atoms with Crippen molar-refractivity contribution in [1.82, 2.24) is 4.90 Å². The average molecular weight is 447 g/mol. The maximum absolute atomic E-state index is 12.9. The van der Waals surface area contributed by atoms with Gasteiger partial charge < -0.3 is 9.47 Å². The molecule has 1 aliphatic heterocycles. The highest BCUT2D eigenvalue weighted by Gasteiger charge is 2.41. The normalized spacial score (nSPS) is 16.8. The van der Waals surface area contributed by atoms with Crippen molar-refractivity contribution in [2.24, 2.45) is 0 Å². The molecule has 1 heterocycles. The highest BCUT2D eigenvalue weighted by molar-refractivity contribution is 9.10. The van der Waals surface area contributed by atoms with E-state index in [1.54, 1.807) is 26.4 Å². The summed E-state index contributed by atoms with van der Waals surface area (Å²) in [5.74, 6) is 1.01. The van der Waals surface area contributed by atoms with Crippen LogP contribution in [0.25, 0.3) is 0 Å².